The SMILES string of the molecule is COC(=O)CN(N)c1ccc(CN)cc1. The Hall–Kier alpha value is -1.59. The van der Waals surface area contributed by atoms with Crippen LogP contribution in [-0.2, 0) is 16.1 Å². The van der Waals surface area contributed by atoms with E-state index in [0.717, 1.165) is 11.3 Å². The summed E-state index contributed by atoms with van der Waals surface area (Å²) in [5.74, 6) is 5.29. The average Bonchev–Trinajstić information content (AvgIpc) is 2.29. The fourth-order valence-electron chi connectivity index (χ4n) is 1.12. The van der Waals surface area contributed by atoms with Crippen LogP contribution in [0.4, 0.5) is 5.69 Å². The van der Waals surface area contributed by atoms with Gasteiger partial charge in [-0.25, -0.2) is 5.84 Å². The molecule has 4 N–H and O–H groups in total. The maximum absolute atomic E-state index is 11.0. The third kappa shape index (κ3) is 3.23. The van der Waals surface area contributed by atoms with Crippen molar-refractivity contribution in [1.82, 2.24) is 0 Å². The van der Waals surface area contributed by atoms with E-state index in [1.807, 2.05) is 24.3 Å². The molecular formula is C10H15N3O2. The second-order valence-electron chi connectivity index (χ2n) is 3.07. The van der Waals surface area contributed by atoms with Gasteiger partial charge in [0.25, 0.3) is 0 Å². The quantitative estimate of drug-likeness (QED) is 0.414. The van der Waals surface area contributed by atoms with E-state index in [0.29, 0.717) is 6.54 Å². The van der Waals surface area contributed by atoms with E-state index in [9.17, 15) is 4.79 Å². The van der Waals surface area contributed by atoms with Crippen LogP contribution in [0, 0.1) is 0 Å². The number of anilines is 1. The summed E-state index contributed by atoms with van der Waals surface area (Å²) in [6.45, 7) is 0.514. The molecule has 0 spiro atoms. The number of methoxy groups -OCH3 is 1. The second kappa shape index (κ2) is 5.33. The third-order valence-electron chi connectivity index (χ3n) is 2.03. The number of benzene rings is 1. The molecule has 5 nitrogen and oxygen atoms in total. The van der Waals surface area contributed by atoms with Crippen LogP contribution < -0.4 is 16.6 Å². The van der Waals surface area contributed by atoms with Crippen molar-refractivity contribution in [3.63, 3.8) is 0 Å². The zero-order valence-electron chi connectivity index (χ0n) is 8.64. The molecule has 0 bridgehead atoms. The number of hydrazine groups is 1. The highest BCUT2D eigenvalue weighted by atomic mass is 16.5. The first-order valence-corrected chi connectivity index (χ1v) is 4.55. The van der Waals surface area contributed by atoms with Gasteiger partial charge in [-0.3, -0.25) is 9.80 Å². The van der Waals surface area contributed by atoms with Crippen molar-refractivity contribution in [3.05, 3.63) is 29.8 Å². The molecule has 0 fully saturated rings. The molecule has 0 saturated heterocycles. The van der Waals surface area contributed by atoms with Gasteiger partial charge < -0.3 is 10.5 Å². The van der Waals surface area contributed by atoms with Crippen LogP contribution in [0.2, 0.25) is 0 Å². The van der Waals surface area contributed by atoms with Crippen LogP contribution in [0.25, 0.3) is 0 Å². The number of carbonyl (C=O) groups is 1. The summed E-state index contributed by atoms with van der Waals surface area (Å²) in [5, 5.41) is 1.33. The second-order valence-corrected chi connectivity index (χ2v) is 3.07. The number of carbonyl (C=O) groups excluding carboxylic acids is 1. The Labute approximate surface area is 88.6 Å². The molecular weight excluding hydrogens is 194 g/mol. The summed E-state index contributed by atoms with van der Waals surface area (Å²) in [7, 11) is 1.33. The molecule has 0 atom stereocenters. The van der Waals surface area contributed by atoms with E-state index in [1.165, 1.54) is 12.1 Å². The van der Waals surface area contributed by atoms with Crippen molar-refractivity contribution in [2.24, 2.45) is 11.6 Å². The Morgan fingerprint density at radius 3 is 2.47 bits per heavy atom. The Morgan fingerprint density at radius 1 is 1.40 bits per heavy atom. The largest absolute Gasteiger partial charge is 0.468 e. The van der Waals surface area contributed by atoms with Crippen molar-refractivity contribution in [1.29, 1.82) is 0 Å². The van der Waals surface area contributed by atoms with Crippen molar-refractivity contribution in [2.75, 3.05) is 18.7 Å². The summed E-state index contributed by atoms with van der Waals surface area (Å²) in [6, 6.07) is 7.36. The first-order valence-electron chi connectivity index (χ1n) is 4.55. The van der Waals surface area contributed by atoms with Crippen LogP contribution in [-0.4, -0.2) is 19.6 Å². The smallest absolute Gasteiger partial charge is 0.326 e. The van der Waals surface area contributed by atoms with Crippen molar-refractivity contribution in [3.8, 4) is 0 Å². The van der Waals surface area contributed by atoms with Crippen LogP contribution in [0.15, 0.2) is 24.3 Å². The fourth-order valence-corrected chi connectivity index (χ4v) is 1.12. The van der Waals surface area contributed by atoms with Crippen LogP contribution >= 0.6 is 0 Å². The van der Waals surface area contributed by atoms with Crippen LogP contribution in [0.1, 0.15) is 5.56 Å². The number of esters is 1. The molecule has 0 aromatic heterocycles. The number of hydrogen-bond donors (Lipinski definition) is 2. The first kappa shape index (κ1) is 11.5. The number of rotatable bonds is 4. The number of hydrogen-bond acceptors (Lipinski definition) is 5. The Bertz CT molecular complexity index is 324. The van der Waals surface area contributed by atoms with E-state index in [1.54, 1.807) is 0 Å². The maximum atomic E-state index is 11.0. The predicted octanol–water partition coefficient (Wildman–Crippen LogP) is -0.00160. The first-order chi connectivity index (χ1) is 7.17. The molecule has 0 saturated carbocycles. The number of nitrogens with zero attached hydrogens (tertiary/aromatic N) is 1. The molecule has 0 heterocycles. The molecule has 0 amide bonds. The highest BCUT2D eigenvalue weighted by molar-refractivity contribution is 5.75. The fraction of sp³-hybridized carbons (Fsp3) is 0.300. The summed E-state index contributed by atoms with van der Waals surface area (Å²) in [5.41, 5.74) is 7.23. The zero-order chi connectivity index (χ0) is 11.3. The highest BCUT2D eigenvalue weighted by Gasteiger charge is 2.07. The van der Waals surface area contributed by atoms with Crippen LogP contribution in [0.5, 0.6) is 0 Å². The molecule has 5 heteroatoms. The van der Waals surface area contributed by atoms with E-state index < -0.39 is 0 Å². The summed E-state index contributed by atoms with van der Waals surface area (Å²) in [4.78, 5) is 11.0. The topological polar surface area (TPSA) is 81.6 Å². The molecule has 0 unspecified atom stereocenters. The van der Waals surface area contributed by atoms with Gasteiger partial charge in [0.05, 0.1) is 12.8 Å². The summed E-state index contributed by atoms with van der Waals surface area (Å²) >= 11 is 0. The monoisotopic (exact) mass is 209 g/mol. The van der Waals surface area contributed by atoms with Gasteiger partial charge in [0.15, 0.2) is 0 Å². The summed E-state index contributed by atoms with van der Waals surface area (Å²) in [6.07, 6.45) is 0. The maximum Gasteiger partial charge on any atom is 0.326 e. The lowest BCUT2D eigenvalue weighted by Gasteiger charge is -2.17. The lowest BCUT2D eigenvalue weighted by Crippen LogP contribution is -2.36. The van der Waals surface area contributed by atoms with Gasteiger partial charge in [0.2, 0.25) is 0 Å². The number of ether oxygens (including phenoxy) is 1. The van der Waals surface area contributed by atoms with Gasteiger partial charge in [0, 0.05) is 6.54 Å². The molecule has 0 radical (unpaired) electrons. The van der Waals surface area contributed by atoms with Gasteiger partial charge in [-0.1, -0.05) is 12.1 Å². The Kier molecular flexibility index (Phi) is 4.08. The minimum Gasteiger partial charge on any atom is -0.468 e. The Morgan fingerprint density at radius 2 is 2.00 bits per heavy atom. The van der Waals surface area contributed by atoms with Crippen LogP contribution in [0.3, 0.4) is 0 Å². The Balaban J connectivity index is 2.65. The molecule has 82 valence electrons. The molecule has 0 aliphatic rings. The van der Waals surface area contributed by atoms with Crippen molar-refractivity contribution in [2.45, 2.75) is 6.54 Å². The lowest BCUT2D eigenvalue weighted by molar-refractivity contribution is -0.138. The number of nitrogens with two attached hydrogens (primary N) is 2. The summed E-state index contributed by atoms with van der Waals surface area (Å²) < 4.78 is 4.51. The normalized spacial score (nSPS) is 9.80. The van der Waals surface area contributed by atoms with E-state index in [4.69, 9.17) is 11.6 Å². The third-order valence-corrected chi connectivity index (χ3v) is 2.03. The lowest BCUT2D eigenvalue weighted by atomic mass is 10.2. The van der Waals surface area contributed by atoms with Gasteiger partial charge in [-0.05, 0) is 17.7 Å². The molecule has 1 aromatic rings. The molecule has 1 aromatic carbocycles. The van der Waals surface area contributed by atoms with Gasteiger partial charge in [0.1, 0.15) is 6.54 Å². The zero-order valence-corrected chi connectivity index (χ0v) is 8.64. The average molecular weight is 209 g/mol. The van der Waals surface area contributed by atoms with E-state index in [2.05, 4.69) is 4.74 Å². The van der Waals surface area contributed by atoms with Gasteiger partial charge >= 0.3 is 5.97 Å². The highest BCUT2D eigenvalue weighted by Crippen LogP contribution is 2.11. The van der Waals surface area contributed by atoms with Gasteiger partial charge in [-0.2, -0.15) is 0 Å². The van der Waals surface area contributed by atoms with Gasteiger partial charge in [-0.15, -0.1) is 0 Å². The van der Waals surface area contributed by atoms with E-state index in [-0.39, 0.29) is 12.5 Å². The minimum atomic E-state index is -0.375. The molecule has 15 heavy (non-hydrogen) atoms. The predicted molar refractivity (Wildman–Crippen MR) is 57.9 cm³/mol. The molecule has 1 rings (SSSR count). The van der Waals surface area contributed by atoms with E-state index >= 15 is 0 Å². The molecule has 0 aliphatic carbocycles. The minimum absolute atomic E-state index is 0.0263. The molecule has 0 aliphatic heterocycles. The standard InChI is InChI=1S/C10H15N3O2/c1-15-10(14)7-13(12)9-4-2-8(6-11)3-5-9/h2-5H,6-7,11-12H2,1H3. The van der Waals surface area contributed by atoms with Crippen molar-refractivity contribution >= 4 is 11.7 Å². The van der Waals surface area contributed by atoms with Crippen molar-refractivity contribution < 1.29 is 9.53 Å².